The van der Waals surface area contributed by atoms with Crippen molar-refractivity contribution >= 4 is 33.0 Å². The van der Waals surface area contributed by atoms with Gasteiger partial charge in [0.25, 0.3) is 0 Å². The molecular weight excluding hydrogens is 324 g/mol. The zero-order chi connectivity index (χ0) is 13.2. The third kappa shape index (κ3) is 2.98. The minimum Gasteiger partial charge on any atom is -0.293 e. The molecule has 0 bridgehead atoms. The maximum absolute atomic E-state index is 12.1. The Balaban J connectivity index is 1.68. The number of thiophene rings is 1. The maximum atomic E-state index is 12.1. The van der Waals surface area contributed by atoms with Gasteiger partial charge in [-0.2, -0.15) is 5.10 Å². The predicted molar refractivity (Wildman–Crippen MR) is 79.8 cm³/mol. The molecule has 2 aromatic rings. The summed E-state index contributed by atoms with van der Waals surface area (Å²) in [5.74, 6) is 0.146. The molecule has 100 valence electrons. The summed E-state index contributed by atoms with van der Waals surface area (Å²) < 4.78 is 3.01. The van der Waals surface area contributed by atoms with Crippen LogP contribution in [-0.4, -0.2) is 15.6 Å². The quantitative estimate of drug-likeness (QED) is 0.781. The largest absolute Gasteiger partial charge is 0.293 e. The molecule has 0 N–H and O–H groups in total. The van der Waals surface area contributed by atoms with Gasteiger partial charge in [0, 0.05) is 16.0 Å². The van der Waals surface area contributed by atoms with Crippen molar-refractivity contribution in [2.75, 3.05) is 0 Å². The molecule has 2 aromatic heterocycles. The van der Waals surface area contributed by atoms with Crippen LogP contribution in [0.1, 0.15) is 47.1 Å². The topological polar surface area (TPSA) is 34.9 Å². The average Bonchev–Trinajstić information content (AvgIpc) is 3.07. The zero-order valence-corrected chi connectivity index (χ0v) is 12.9. The molecule has 0 amide bonds. The van der Waals surface area contributed by atoms with Crippen molar-refractivity contribution in [2.24, 2.45) is 0 Å². The van der Waals surface area contributed by atoms with Gasteiger partial charge < -0.3 is 0 Å². The number of hydrogen-bond donors (Lipinski definition) is 0. The normalized spacial score (nSPS) is 16.1. The second kappa shape index (κ2) is 5.59. The molecule has 1 saturated carbocycles. The highest BCUT2D eigenvalue weighted by atomic mass is 79.9. The second-order valence-electron chi connectivity index (χ2n) is 4.95. The van der Waals surface area contributed by atoms with Gasteiger partial charge in [0.1, 0.15) is 0 Å². The van der Waals surface area contributed by atoms with E-state index in [0.717, 1.165) is 15.0 Å². The van der Waals surface area contributed by atoms with Crippen molar-refractivity contribution in [1.82, 2.24) is 9.78 Å². The van der Waals surface area contributed by atoms with Gasteiger partial charge in [-0.1, -0.05) is 12.8 Å². The van der Waals surface area contributed by atoms with E-state index in [1.165, 1.54) is 37.0 Å². The molecule has 0 unspecified atom stereocenters. The van der Waals surface area contributed by atoms with Crippen LogP contribution in [0.3, 0.4) is 0 Å². The van der Waals surface area contributed by atoms with Crippen LogP contribution in [0.5, 0.6) is 0 Å². The number of carbonyl (C=O) groups is 1. The fourth-order valence-electron chi connectivity index (χ4n) is 2.55. The second-order valence-corrected chi connectivity index (χ2v) is 6.78. The van der Waals surface area contributed by atoms with Crippen LogP contribution < -0.4 is 0 Å². The Kier molecular flexibility index (Phi) is 3.84. The minimum atomic E-state index is 0.146. The van der Waals surface area contributed by atoms with Crippen LogP contribution in [0.25, 0.3) is 0 Å². The van der Waals surface area contributed by atoms with Crippen LogP contribution in [-0.2, 0) is 6.42 Å². The third-order valence-electron chi connectivity index (χ3n) is 3.55. The first-order valence-corrected chi connectivity index (χ1v) is 8.21. The summed E-state index contributed by atoms with van der Waals surface area (Å²) in [6.07, 6.45) is 7.43. The van der Waals surface area contributed by atoms with Crippen LogP contribution in [0.2, 0.25) is 0 Å². The molecule has 0 aliphatic heterocycles. The molecule has 0 atom stereocenters. The van der Waals surface area contributed by atoms with E-state index >= 15 is 0 Å². The number of hydrogen-bond acceptors (Lipinski definition) is 3. The summed E-state index contributed by atoms with van der Waals surface area (Å²) in [6.45, 7) is 0. The van der Waals surface area contributed by atoms with Gasteiger partial charge in [0.2, 0.25) is 0 Å². The monoisotopic (exact) mass is 338 g/mol. The highest BCUT2D eigenvalue weighted by molar-refractivity contribution is 9.10. The van der Waals surface area contributed by atoms with Gasteiger partial charge in [-0.15, -0.1) is 11.3 Å². The molecule has 0 spiro atoms. The zero-order valence-electron chi connectivity index (χ0n) is 10.5. The van der Waals surface area contributed by atoms with Gasteiger partial charge in [-0.05, 0) is 40.9 Å². The van der Waals surface area contributed by atoms with E-state index in [4.69, 9.17) is 0 Å². The first-order chi connectivity index (χ1) is 9.22. The lowest BCUT2D eigenvalue weighted by molar-refractivity contribution is 0.0995. The lowest BCUT2D eigenvalue weighted by atomic mass is 10.2. The number of rotatable bonds is 4. The van der Waals surface area contributed by atoms with Crippen molar-refractivity contribution in [2.45, 2.75) is 38.1 Å². The summed E-state index contributed by atoms with van der Waals surface area (Å²) in [6, 6.07) is 4.39. The van der Waals surface area contributed by atoms with E-state index in [0.29, 0.717) is 12.5 Å². The third-order valence-corrected chi connectivity index (χ3v) is 5.28. The predicted octanol–water partition coefficient (Wildman–Crippen LogP) is 4.25. The van der Waals surface area contributed by atoms with E-state index in [-0.39, 0.29) is 5.78 Å². The smallest absolute Gasteiger partial charge is 0.178 e. The van der Waals surface area contributed by atoms with Crippen LogP contribution in [0, 0.1) is 0 Å². The maximum Gasteiger partial charge on any atom is 0.178 e. The lowest BCUT2D eigenvalue weighted by Gasteiger charge is -2.08. The molecule has 1 aliphatic carbocycles. The number of carbonyl (C=O) groups excluding carboxylic acids is 1. The highest BCUT2D eigenvalue weighted by Crippen LogP contribution is 2.29. The number of Topliss-reactive ketones (excluding diaryl/α,β-unsaturated/α-hetero) is 1. The number of halogens is 1. The standard InChI is InChI=1S/C14H15BrN2OS/c15-10-7-14(19-9-10)13(18)8-11-5-6-17(16-11)12-3-1-2-4-12/h5-7,9,12H,1-4,8H2. The SMILES string of the molecule is O=C(Cc1ccn(C2CCCC2)n1)c1cc(Br)cs1. The fraction of sp³-hybridized carbons (Fsp3) is 0.429. The minimum absolute atomic E-state index is 0.146. The van der Waals surface area contributed by atoms with Crippen molar-refractivity contribution in [3.63, 3.8) is 0 Å². The van der Waals surface area contributed by atoms with Crippen molar-refractivity contribution in [3.8, 4) is 0 Å². The van der Waals surface area contributed by atoms with Crippen molar-refractivity contribution in [3.05, 3.63) is 38.8 Å². The van der Waals surface area contributed by atoms with Gasteiger partial charge in [-0.3, -0.25) is 9.48 Å². The number of nitrogens with zero attached hydrogens (tertiary/aromatic N) is 2. The van der Waals surface area contributed by atoms with E-state index < -0.39 is 0 Å². The summed E-state index contributed by atoms with van der Waals surface area (Å²) in [5.41, 5.74) is 0.876. The molecule has 2 heterocycles. The number of ketones is 1. The van der Waals surface area contributed by atoms with E-state index in [2.05, 4.69) is 21.0 Å². The first kappa shape index (κ1) is 13.1. The molecular formula is C14H15BrN2OS. The van der Waals surface area contributed by atoms with Gasteiger partial charge in [0.05, 0.1) is 23.0 Å². The molecule has 1 fully saturated rings. The Morgan fingerprint density at radius 1 is 1.47 bits per heavy atom. The summed E-state index contributed by atoms with van der Waals surface area (Å²) in [4.78, 5) is 12.9. The Labute approximate surface area is 124 Å². The lowest BCUT2D eigenvalue weighted by Crippen LogP contribution is -2.07. The molecule has 0 saturated heterocycles. The Bertz CT molecular complexity index is 584. The molecule has 3 rings (SSSR count). The van der Waals surface area contributed by atoms with Crippen molar-refractivity contribution < 1.29 is 4.79 Å². The molecule has 5 heteroatoms. The molecule has 3 nitrogen and oxygen atoms in total. The Morgan fingerprint density at radius 2 is 2.26 bits per heavy atom. The van der Waals surface area contributed by atoms with Crippen LogP contribution in [0.15, 0.2) is 28.2 Å². The average molecular weight is 339 g/mol. The van der Waals surface area contributed by atoms with Crippen LogP contribution in [0.4, 0.5) is 0 Å². The van der Waals surface area contributed by atoms with Crippen molar-refractivity contribution in [1.29, 1.82) is 0 Å². The van der Waals surface area contributed by atoms with Crippen LogP contribution >= 0.6 is 27.3 Å². The van der Waals surface area contributed by atoms with Gasteiger partial charge >= 0.3 is 0 Å². The fourth-order valence-corrected chi connectivity index (χ4v) is 3.92. The molecule has 19 heavy (non-hydrogen) atoms. The molecule has 1 aliphatic rings. The van der Waals surface area contributed by atoms with E-state index in [9.17, 15) is 4.79 Å². The summed E-state index contributed by atoms with van der Waals surface area (Å²) in [5, 5.41) is 6.49. The highest BCUT2D eigenvalue weighted by Gasteiger charge is 2.18. The van der Waals surface area contributed by atoms with E-state index in [1.807, 2.05) is 28.4 Å². The van der Waals surface area contributed by atoms with Gasteiger partial charge in [0.15, 0.2) is 5.78 Å². The van der Waals surface area contributed by atoms with Gasteiger partial charge in [-0.25, -0.2) is 0 Å². The number of aromatic nitrogens is 2. The molecule has 0 radical (unpaired) electrons. The Hall–Kier alpha value is -0.940. The Morgan fingerprint density at radius 3 is 2.95 bits per heavy atom. The summed E-state index contributed by atoms with van der Waals surface area (Å²) >= 11 is 4.85. The first-order valence-electron chi connectivity index (χ1n) is 6.53. The summed E-state index contributed by atoms with van der Waals surface area (Å²) in [7, 11) is 0. The van der Waals surface area contributed by atoms with E-state index in [1.54, 1.807) is 0 Å². The molecule has 0 aromatic carbocycles.